The fourth-order valence-electron chi connectivity index (χ4n) is 4.36. The lowest BCUT2D eigenvalue weighted by Gasteiger charge is -2.41. The molecule has 132 valence electrons. The minimum Gasteiger partial charge on any atom is -0.484 e. The van der Waals surface area contributed by atoms with E-state index < -0.39 is 0 Å². The summed E-state index contributed by atoms with van der Waals surface area (Å²) in [5, 5.41) is 0. The Morgan fingerprint density at radius 1 is 1.25 bits per heavy atom. The predicted molar refractivity (Wildman–Crippen MR) is 96.2 cm³/mol. The van der Waals surface area contributed by atoms with Crippen LogP contribution in [0, 0.1) is 0 Å². The van der Waals surface area contributed by atoms with Crippen molar-refractivity contribution in [1.29, 1.82) is 0 Å². The van der Waals surface area contributed by atoms with Gasteiger partial charge in [0.15, 0.2) is 6.61 Å². The van der Waals surface area contributed by atoms with Crippen LogP contribution in [0.2, 0.25) is 0 Å². The standard InChI is InChI=1S/C20H30N2O2/c1-3-21(2)17-14-20(12-8-5-9-13-20)22(15-17)19(23)16-24-18-10-6-4-7-11-18/h4,6-7,10-11,17H,3,5,8-9,12-16H2,1-2H3. The largest absolute Gasteiger partial charge is 0.484 e. The molecule has 24 heavy (non-hydrogen) atoms. The molecule has 2 fully saturated rings. The van der Waals surface area contributed by atoms with E-state index in [0.717, 1.165) is 38.1 Å². The molecule has 1 atom stereocenters. The van der Waals surface area contributed by atoms with Gasteiger partial charge in [-0.2, -0.15) is 0 Å². The van der Waals surface area contributed by atoms with Crippen LogP contribution in [0.4, 0.5) is 0 Å². The van der Waals surface area contributed by atoms with Crippen molar-refractivity contribution in [2.75, 3.05) is 26.7 Å². The van der Waals surface area contributed by atoms with Crippen molar-refractivity contribution in [3.05, 3.63) is 30.3 Å². The lowest BCUT2D eigenvalue weighted by Crippen LogP contribution is -2.50. The molecule has 1 aliphatic heterocycles. The Kier molecular flexibility index (Phi) is 5.44. The van der Waals surface area contributed by atoms with Crippen LogP contribution in [-0.4, -0.2) is 54.0 Å². The van der Waals surface area contributed by atoms with Gasteiger partial charge in [-0.05, 0) is 45.0 Å². The van der Waals surface area contributed by atoms with Gasteiger partial charge in [0, 0.05) is 18.1 Å². The van der Waals surface area contributed by atoms with Crippen molar-refractivity contribution < 1.29 is 9.53 Å². The number of hydrogen-bond acceptors (Lipinski definition) is 3. The van der Waals surface area contributed by atoms with E-state index in [9.17, 15) is 4.79 Å². The summed E-state index contributed by atoms with van der Waals surface area (Å²) in [5.41, 5.74) is 0.0729. The summed E-state index contributed by atoms with van der Waals surface area (Å²) in [5.74, 6) is 0.915. The van der Waals surface area contributed by atoms with Crippen molar-refractivity contribution in [2.24, 2.45) is 0 Å². The number of nitrogens with zero attached hydrogens (tertiary/aromatic N) is 2. The lowest BCUT2D eigenvalue weighted by atomic mass is 9.79. The predicted octanol–water partition coefficient (Wildman–Crippen LogP) is 3.32. The summed E-state index contributed by atoms with van der Waals surface area (Å²) < 4.78 is 5.73. The average Bonchev–Trinajstić information content (AvgIpc) is 2.99. The molecule has 1 unspecified atom stereocenters. The van der Waals surface area contributed by atoms with Crippen molar-refractivity contribution in [3.63, 3.8) is 0 Å². The van der Waals surface area contributed by atoms with Gasteiger partial charge >= 0.3 is 0 Å². The van der Waals surface area contributed by atoms with E-state index in [4.69, 9.17) is 4.74 Å². The van der Waals surface area contributed by atoms with Crippen LogP contribution in [-0.2, 0) is 4.79 Å². The van der Waals surface area contributed by atoms with Gasteiger partial charge in [0.25, 0.3) is 5.91 Å². The molecule has 1 saturated heterocycles. The van der Waals surface area contributed by atoms with Gasteiger partial charge in [0.1, 0.15) is 5.75 Å². The normalized spacial score (nSPS) is 23.0. The van der Waals surface area contributed by atoms with E-state index in [1.165, 1.54) is 19.3 Å². The van der Waals surface area contributed by atoms with E-state index in [1.54, 1.807) is 0 Å². The van der Waals surface area contributed by atoms with Crippen LogP contribution >= 0.6 is 0 Å². The van der Waals surface area contributed by atoms with Crippen molar-refractivity contribution in [1.82, 2.24) is 9.80 Å². The summed E-state index contributed by atoms with van der Waals surface area (Å²) in [6, 6.07) is 10.1. The van der Waals surface area contributed by atoms with Crippen molar-refractivity contribution in [2.45, 2.75) is 57.0 Å². The monoisotopic (exact) mass is 330 g/mol. The molecule has 0 radical (unpaired) electrons. The number of likely N-dealkylation sites (tertiary alicyclic amines) is 1. The Hall–Kier alpha value is -1.55. The molecule has 0 aromatic heterocycles. The highest BCUT2D eigenvalue weighted by Crippen LogP contribution is 2.42. The minimum absolute atomic E-state index is 0.0729. The highest BCUT2D eigenvalue weighted by atomic mass is 16.5. The zero-order chi connectivity index (χ0) is 17.0. The molecule has 0 N–H and O–H groups in total. The Balaban J connectivity index is 1.69. The van der Waals surface area contributed by atoms with Gasteiger partial charge < -0.3 is 14.5 Å². The maximum atomic E-state index is 12.9. The van der Waals surface area contributed by atoms with E-state index in [1.807, 2.05) is 30.3 Å². The van der Waals surface area contributed by atoms with Crippen LogP contribution in [0.25, 0.3) is 0 Å². The minimum atomic E-state index is 0.0729. The molecule has 1 aliphatic carbocycles. The van der Waals surface area contributed by atoms with Crippen LogP contribution in [0.5, 0.6) is 5.75 Å². The van der Waals surface area contributed by atoms with Gasteiger partial charge in [-0.25, -0.2) is 0 Å². The fourth-order valence-corrected chi connectivity index (χ4v) is 4.36. The number of amides is 1. The van der Waals surface area contributed by atoms with Gasteiger partial charge in [0.2, 0.25) is 0 Å². The Labute approximate surface area is 145 Å². The zero-order valence-electron chi connectivity index (χ0n) is 15.0. The molecule has 1 saturated carbocycles. The molecule has 4 nitrogen and oxygen atoms in total. The van der Waals surface area contributed by atoms with E-state index >= 15 is 0 Å². The first-order valence-electron chi connectivity index (χ1n) is 9.33. The highest BCUT2D eigenvalue weighted by Gasteiger charge is 2.48. The van der Waals surface area contributed by atoms with Crippen LogP contribution in [0.15, 0.2) is 30.3 Å². The summed E-state index contributed by atoms with van der Waals surface area (Å²) in [4.78, 5) is 17.5. The third-order valence-electron chi connectivity index (χ3n) is 5.89. The van der Waals surface area contributed by atoms with Crippen LogP contribution in [0.3, 0.4) is 0 Å². The summed E-state index contributed by atoms with van der Waals surface area (Å²) in [6.45, 7) is 4.22. The first-order chi connectivity index (χ1) is 11.6. The van der Waals surface area contributed by atoms with Crippen LogP contribution < -0.4 is 4.74 Å². The number of rotatable bonds is 5. The van der Waals surface area contributed by atoms with Gasteiger partial charge in [-0.15, -0.1) is 0 Å². The summed E-state index contributed by atoms with van der Waals surface area (Å²) in [7, 11) is 2.18. The number of ether oxygens (including phenoxy) is 1. The molecule has 1 heterocycles. The molecule has 1 spiro atoms. The fraction of sp³-hybridized carbons (Fsp3) is 0.650. The maximum Gasteiger partial charge on any atom is 0.261 e. The SMILES string of the molecule is CCN(C)C1CN(C(=O)COc2ccccc2)C2(CCCCC2)C1. The number of hydrogen-bond donors (Lipinski definition) is 0. The molecule has 3 rings (SSSR count). The number of benzene rings is 1. The molecule has 0 bridgehead atoms. The smallest absolute Gasteiger partial charge is 0.261 e. The molecule has 2 aliphatic rings. The highest BCUT2D eigenvalue weighted by molar-refractivity contribution is 5.79. The third-order valence-corrected chi connectivity index (χ3v) is 5.89. The number of likely N-dealkylation sites (N-methyl/N-ethyl adjacent to an activating group) is 1. The Morgan fingerprint density at radius 3 is 2.62 bits per heavy atom. The van der Waals surface area contributed by atoms with E-state index in [0.29, 0.717) is 6.04 Å². The second-order valence-corrected chi connectivity index (χ2v) is 7.32. The first-order valence-corrected chi connectivity index (χ1v) is 9.33. The number of carbonyl (C=O) groups is 1. The molecule has 1 aromatic rings. The van der Waals surface area contributed by atoms with Gasteiger partial charge in [-0.1, -0.05) is 44.4 Å². The quantitative estimate of drug-likeness (QED) is 0.830. The maximum absolute atomic E-state index is 12.9. The number of carbonyl (C=O) groups excluding carboxylic acids is 1. The molecular weight excluding hydrogens is 300 g/mol. The topological polar surface area (TPSA) is 32.8 Å². The van der Waals surface area contributed by atoms with Crippen molar-refractivity contribution in [3.8, 4) is 5.75 Å². The summed E-state index contributed by atoms with van der Waals surface area (Å²) >= 11 is 0. The van der Waals surface area contributed by atoms with Gasteiger partial charge in [0.05, 0.1) is 0 Å². The molecular formula is C20H30N2O2. The lowest BCUT2D eigenvalue weighted by molar-refractivity contribution is -0.138. The van der Waals surface area contributed by atoms with E-state index in [-0.39, 0.29) is 18.1 Å². The zero-order valence-corrected chi connectivity index (χ0v) is 15.0. The average molecular weight is 330 g/mol. The Morgan fingerprint density at radius 2 is 1.96 bits per heavy atom. The van der Waals surface area contributed by atoms with Gasteiger partial charge in [-0.3, -0.25) is 4.79 Å². The second-order valence-electron chi connectivity index (χ2n) is 7.32. The third kappa shape index (κ3) is 3.59. The molecule has 1 aromatic carbocycles. The van der Waals surface area contributed by atoms with Crippen molar-refractivity contribution >= 4 is 5.91 Å². The van der Waals surface area contributed by atoms with E-state index in [2.05, 4.69) is 23.8 Å². The molecule has 4 heteroatoms. The number of para-hydroxylation sites is 1. The van der Waals surface area contributed by atoms with Crippen LogP contribution in [0.1, 0.15) is 45.4 Å². The first kappa shape index (κ1) is 17.3. The molecule has 1 amide bonds. The Bertz CT molecular complexity index is 540. The summed E-state index contributed by atoms with van der Waals surface area (Å²) in [6.07, 6.45) is 7.21. The second kappa shape index (κ2) is 7.56.